The summed E-state index contributed by atoms with van der Waals surface area (Å²) >= 11 is 2.77. The molecule has 0 fully saturated rings. The molecule has 1 aliphatic rings. The summed E-state index contributed by atoms with van der Waals surface area (Å²) in [6.45, 7) is 4.20. The standard InChI is InChI=1S/C28H27FN4O3S2/c1-3-36-21-14-12-20(13-15-21)33-27(35)25-22-6-4-5-7-23(22)38-26(25)30-28(33)37-16-24(34)32-31-17(2)18-8-10-19(29)11-9-18/h8-15H,3-7,16H2,1-2H3,(H,32,34). The second kappa shape index (κ2) is 11.5. The first-order valence-corrected chi connectivity index (χ1v) is 14.3. The Labute approximate surface area is 227 Å². The molecule has 196 valence electrons. The van der Waals surface area contributed by atoms with Gasteiger partial charge in [0.1, 0.15) is 16.4 Å². The Hall–Kier alpha value is -3.50. The van der Waals surface area contributed by atoms with E-state index in [0.717, 1.165) is 36.1 Å². The van der Waals surface area contributed by atoms with Crippen LogP contribution in [0.2, 0.25) is 0 Å². The monoisotopic (exact) mass is 550 g/mol. The summed E-state index contributed by atoms with van der Waals surface area (Å²) in [7, 11) is 0. The van der Waals surface area contributed by atoms with Gasteiger partial charge in [0, 0.05) is 4.88 Å². The van der Waals surface area contributed by atoms with E-state index in [4.69, 9.17) is 9.72 Å². The lowest BCUT2D eigenvalue weighted by Crippen LogP contribution is -2.24. The van der Waals surface area contributed by atoms with E-state index in [1.807, 2.05) is 31.2 Å². The van der Waals surface area contributed by atoms with E-state index in [9.17, 15) is 14.0 Å². The van der Waals surface area contributed by atoms with Crippen LogP contribution in [0.4, 0.5) is 4.39 Å². The smallest absolute Gasteiger partial charge is 0.267 e. The van der Waals surface area contributed by atoms with Gasteiger partial charge in [-0.3, -0.25) is 14.2 Å². The molecule has 0 aliphatic heterocycles. The molecule has 0 saturated carbocycles. The van der Waals surface area contributed by atoms with Crippen LogP contribution in [0.5, 0.6) is 5.75 Å². The lowest BCUT2D eigenvalue weighted by atomic mass is 9.97. The Morgan fingerprint density at radius 1 is 1.16 bits per heavy atom. The van der Waals surface area contributed by atoms with Crippen molar-refractivity contribution in [3.05, 3.63) is 80.7 Å². The molecule has 2 aromatic carbocycles. The summed E-state index contributed by atoms with van der Waals surface area (Å²) in [5.74, 6) is 0.0562. The second-order valence-corrected chi connectivity index (χ2v) is 10.9. The Morgan fingerprint density at radius 2 is 1.89 bits per heavy atom. The minimum Gasteiger partial charge on any atom is -0.494 e. The molecular formula is C28H27FN4O3S2. The van der Waals surface area contributed by atoms with Crippen molar-refractivity contribution in [1.29, 1.82) is 0 Å². The number of thioether (sulfide) groups is 1. The van der Waals surface area contributed by atoms with Crippen molar-refractivity contribution in [3.8, 4) is 11.4 Å². The van der Waals surface area contributed by atoms with Gasteiger partial charge in [0.15, 0.2) is 5.16 Å². The van der Waals surface area contributed by atoms with Crippen LogP contribution in [0.1, 0.15) is 42.7 Å². The van der Waals surface area contributed by atoms with Crippen LogP contribution in [0.15, 0.2) is 63.6 Å². The highest BCUT2D eigenvalue weighted by molar-refractivity contribution is 7.99. The minimum absolute atomic E-state index is 0.0142. The molecule has 1 amide bonds. The molecule has 0 atom stereocenters. The number of carbonyl (C=O) groups excluding carboxylic acids is 1. The van der Waals surface area contributed by atoms with Gasteiger partial charge in [-0.15, -0.1) is 11.3 Å². The number of hydrogen-bond acceptors (Lipinski definition) is 7. The van der Waals surface area contributed by atoms with Gasteiger partial charge < -0.3 is 4.74 Å². The number of carbonyl (C=O) groups is 1. The number of ether oxygens (including phenoxy) is 1. The Kier molecular flexibility index (Phi) is 7.90. The number of nitrogens with one attached hydrogen (secondary N) is 1. The average Bonchev–Trinajstić information content (AvgIpc) is 3.30. The van der Waals surface area contributed by atoms with Gasteiger partial charge >= 0.3 is 0 Å². The maximum atomic E-state index is 13.9. The van der Waals surface area contributed by atoms with E-state index < -0.39 is 0 Å². The molecule has 0 unspecified atom stereocenters. The fraction of sp³-hybridized carbons (Fsp3) is 0.286. The van der Waals surface area contributed by atoms with Crippen LogP contribution in [-0.2, 0) is 17.6 Å². The number of aromatic nitrogens is 2. The van der Waals surface area contributed by atoms with Crippen molar-refractivity contribution >= 4 is 44.9 Å². The molecule has 0 saturated heterocycles. The summed E-state index contributed by atoms with van der Waals surface area (Å²) in [5.41, 5.74) is 5.47. The Balaban J connectivity index is 1.44. The molecule has 0 spiro atoms. The third-order valence-electron chi connectivity index (χ3n) is 6.31. The summed E-state index contributed by atoms with van der Waals surface area (Å²) < 4.78 is 20.3. The predicted octanol–water partition coefficient (Wildman–Crippen LogP) is 5.50. The van der Waals surface area contributed by atoms with Crippen LogP contribution >= 0.6 is 23.1 Å². The van der Waals surface area contributed by atoms with Crippen molar-refractivity contribution in [2.45, 2.75) is 44.7 Å². The number of halogens is 1. The molecule has 2 heterocycles. The summed E-state index contributed by atoms with van der Waals surface area (Å²) in [4.78, 5) is 33.3. The number of thiophene rings is 1. The van der Waals surface area contributed by atoms with Crippen molar-refractivity contribution in [3.63, 3.8) is 0 Å². The number of amides is 1. The highest BCUT2D eigenvalue weighted by Crippen LogP contribution is 2.35. The van der Waals surface area contributed by atoms with E-state index in [0.29, 0.717) is 39.9 Å². The molecule has 0 radical (unpaired) electrons. The lowest BCUT2D eigenvalue weighted by Gasteiger charge is -2.14. The summed E-state index contributed by atoms with van der Waals surface area (Å²) in [6, 6.07) is 13.2. The SMILES string of the molecule is CCOc1ccc(-n2c(SCC(=O)NN=C(C)c3ccc(F)cc3)nc3sc4c(c3c2=O)CCCC4)cc1. The van der Waals surface area contributed by atoms with Gasteiger partial charge in [-0.05, 0) is 87.1 Å². The first kappa shape index (κ1) is 26.1. The maximum absolute atomic E-state index is 13.9. The third kappa shape index (κ3) is 5.51. The zero-order valence-electron chi connectivity index (χ0n) is 21.1. The van der Waals surface area contributed by atoms with E-state index >= 15 is 0 Å². The van der Waals surface area contributed by atoms with Gasteiger partial charge in [-0.2, -0.15) is 5.10 Å². The van der Waals surface area contributed by atoms with Crippen molar-refractivity contribution in [2.75, 3.05) is 12.4 Å². The summed E-state index contributed by atoms with van der Waals surface area (Å²) in [6.07, 6.45) is 4.04. The molecular weight excluding hydrogens is 523 g/mol. The third-order valence-corrected chi connectivity index (χ3v) is 8.43. The minimum atomic E-state index is -0.338. The number of benzene rings is 2. The fourth-order valence-electron chi connectivity index (χ4n) is 4.43. The number of rotatable bonds is 8. The van der Waals surface area contributed by atoms with Crippen LogP contribution in [0.3, 0.4) is 0 Å². The Morgan fingerprint density at radius 3 is 2.63 bits per heavy atom. The fourth-order valence-corrected chi connectivity index (χ4v) is 6.54. The van der Waals surface area contributed by atoms with Crippen molar-refractivity contribution in [1.82, 2.24) is 15.0 Å². The van der Waals surface area contributed by atoms with E-state index in [2.05, 4.69) is 10.5 Å². The van der Waals surface area contributed by atoms with Gasteiger partial charge in [0.2, 0.25) is 0 Å². The van der Waals surface area contributed by atoms with Crippen molar-refractivity contribution in [2.24, 2.45) is 5.10 Å². The zero-order valence-corrected chi connectivity index (χ0v) is 22.8. The highest BCUT2D eigenvalue weighted by Gasteiger charge is 2.23. The van der Waals surface area contributed by atoms with Gasteiger partial charge in [0.25, 0.3) is 11.5 Å². The van der Waals surface area contributed by atoms with E-state index in [1.165, 1.54) is 28.8 Å². The number of fused-ring (bicyclic) bond motifs is 3. The normalized spacial score (nSPS) is 13.4. The van der Waals surface area contributed by atoms with Gasteiger partial charge in [-0.1, -0.05) is 23.9 Å². The topological polar surface area (TPSA) is 85.6 Å². The van der Waals surface area contributed by atoms with Gasteiger partial charge in [-0.25, -0.2) is 14.8 Å². The molecule has 1 N–H and O–H groups in total. The predicted molar refractivity (Wildman–Crippen MR) is 151 cm³/mol. The number of aryl methyl sites for hydroxylation is 2. The molecule has 5 rings (SSSR count). The molecule has 4 aromatic rings. The quantitative estimate of drug-likeness (QED) is 0.136. The first-order chi connectivity index (χ1) is 18.4. The molecule has 1 aliphatic carbocycles. The number of hydrogen-bond donors (Lipinski definition) is 1. The van der Waals surface area contributed by atoms with Crippen LogP contribution in [0.25, 0.3) is 15.9 Å². The van der Waals surface area contributed by atoms with E-state index in [-0.39, 0.29) is 23.0 Å². The highest BCUT2D eigenvalue weighted by atomic mass is 32.2. The number of hydrazone groups is 1. The Bertz CT molecular complexity index is 1560. The molecule has 10 heteroatoms. The average molecular weight is 551 g/mol. The molecule has 2 aromatic heterocycles. The van der Waals surface area contributed by atoms with E-state index in [1.54, 1.807) is 35.0 Å². The molecule has 7 nitrogen and oxygen atoms in total. The summed E-state index contributed by atoms with van der Waals surface area (Å²) in [5, 5.41) is 5.27. The van der Waals surface area contributed by atoms with Crippen LogP contribution in [-0.4, -0.2) is 33.5 Å². The zero-order chi connectivity index (χ0) is 26.6. The maximum Gasteiger partial charge on any atom is 0.267 e. The first-order valence-electron chi connectivity index (χ1n) is 12.5. The lowest BCUT2D eigenvalue weighted by molar-refractivity contribution is -0.118. The van der Waals surface area contributed by atoms with Crippen LogP contribution in [0, 0.1) is 5.82 Å². The molecule has 38 heavy (non-hydrogen) atoms. The van der Waals surface area contributed by atoms with Gasteiger partial charge in [0.05, 0.1) is 29.1 Å². The largest absolute Gasteiger partial charge is 0.494 e. The van der Waals surface area contributed by atoms with Crippen LogP contribution < -0.4 is 15.7 Å². The van der Waals surface area contributed by atoms with Crippen molar-refractivity contribution < 1.29 is 13.9 Å². The number of nitrogens with zero attached hydrogens (tertiary/aromatic N) is 3. The second-order valence-electron chi connectivity index (χ2n) is 8.88. The molecule has 0 bridgehead atoms.